The number of carbonyl (C=O) groups is 2. The number of hydrogen-bond acceptors (Lipinski definition) is 3. The molecule has 0 atom stereocenters. The molecule has 5 nitrogen and oxygen atoms in total. The fourth-order valence-electron chi connectivity index (χ4n) is 1.56. The summed E-state index contributed by atoms with van der Waals surface area (Å²) in [6.45, 7) is 2.41. The number of nitrogens with zero attached hydrogens (tertiary/aromatic N) is 2. The third-order valence-electron chi connectivity index (χ3n) is 2.62. The van der Waals surface area contributed by atoms with Crippen molar-refractivity contribution in [3.8, 4) is 0 Å². The molecule has 1 aliphatic rings. The Morgan fingerprint density at radius 3 is 2.87 bits per heavy atom. The summed E-state index contributed by atoms with van der Waals surface area (Å²) in [5, 5.41) is 2.98. The summed E-state index contributed by atoms with van der Waals surface area (Å²) in [4.78, 5) is 26.2. The third kappa shape index (κ3) is 3.51. The summed E-state index contributed by atoms with van der Waals surface area (Å²) < 4.78 is 0. The van der Waals surface area contributed by atoms with Crippen molar-refractivity contribution in [3.63, 3.8) is 0 Å². The van der Waals surface area contributed by atoms with Crippen LogP contribution in [0.15, 0.2) is 0 Å². The fraction of sp³-hybridized carbons (Fsp3) is 0.800. The van der Waals surface area contributed by atoms with Gasteiger partial charge in [-0.2, -0.15) is 0 Å². The van der Waals surface area contributed by atoms with Crippen molar-refractivity contribution in [1.82, 2.24) is 15.1 Å². The second-order valence-corrected chi connectivity index (χ2v) is 3.84. The van der Waals surface area contributed by atoms with Crippen LogP contribution in [0.2, 0.25) is 0 Å². The summed E-state index contributed by atoms with van der Waals surface area (Å²) in [6, 6.07) is 0. The molecule has 0 saturated carbocycles. The minimum atomic E-state index is 0.0144. The van der Waals surface area contributed by atoms with Gasteiger partial charge in [-0.3, -0.25) is 9.59 Å². The predicted molar refractivity (Wildman–Crippen MR) is 57.4 cm³/mol. The lowest BCUT2D eigenvalue weighted by atomic mass is 10.4. The first-order chi connectivity index (χ1) is 7.15. The van der Waals surface area contributed by atoms with Crippen LogP contribution in [0.3, 0.4) is 0 Å². The van der Waals surface area contributed by atoms with Crippen molar-refractivity contribution < 1.29 is 9.59 Å². The van der Waals surface area contributed by atoms with Gasteiger partial charge in [0, 0.05) is 33.1 Å². The van der Waals surface area contributed by atoms with E-state index in [9.17, 15) is 9.59 Å². The van der Waals surface area contributed by atoms with Gasteiger partial charge < -0.3 is 15.1 Å². The van der Waals surface area contributed by atoms with Crippen LogP contribution in [0, 0.1) is 0 Å². The molecule has 1 aliphatic heterocycles. The van der Waals surface area contributed by atoms with Gasteiger partial charge in [0.2, 0.25) is 11.8 Å². The number of carbonyl (C=O) groups excluding carboxylic acids is 2. The van der Waals surface area contributed by atoms with Crippen LogP contribution < -0.4 is 5.32 Å². The molecule has 86 valence electrons. The zero-order valence-corrected chi connectivity index (χ0v) is 9.45. The van der Waals surface area contributed by atoms with E-state index in [1.165, 1.54) is 0 Å². The Morgan fingerprint density at radius 2 is 2.33 bits per heavy atom. The standard InChI is InChI=1S/C10H19N3O2/c1-11-5-7-12(2)10(15)8-13-6-3-4-9(13)14/h11H,3-8H2,1-2H3. The molecule has 2 amide bonds. The highest BCUT2D eigenvalue weighted by molar-refractivity contribution is 5.85. The number of rotatable bonds is 5. The summed E-state index contributed by atoms with van der Waals surface area (Å²) >= 11 is 0. The molecule has 1 rings (SSSR count). The average Bonchev–Trinajstić information content (AvgIpc) is 2.61. The van der Waals surface area contributed by atoms with Crippen LogP contribution in [0.1, 0.15) is 12.8 Å². The zero-order chi connectivity index (χ0) is 11.3. The zero-order valence-electron chi connectivity index (χ0n) is 9.45. The summed E-state index contributed by atoms with van der Waals surface area (Å²) in [7, 11) is 3.61. The van der Waals surface area contributed by atoms with Crippen LogP contribution in [0.4, 0.5) is 0 Å². The van der Waals surface area contributed by atoms with Crippen LogP contribution in [-0.4, -0.2) is 61.9 Å². The van der Waals surface area contributed by atoms with Gasteiger partial charge in [-0.25, -0.2) is 0 Å². The third-order valence-corrected chi connectivity index (χ3v) is 2.62. The van der Waals surface area contributed by atoms with E-state index in [4.69, 9.17) is 0 Å². The van der Waals surface area contributed by atoms with Gasteiger partial charge in [0.05, 0.1) is 6.54 Å². The number of likely N-dealkylation sites (N-methyl/N-ethyl adjacent to an activating group) is 2. The molecule has 1 saturated heterocycles. The maximum Gasteiger partial charge on any atom is 0.241 e. The van der Waals surface area contributed by atoms with Crippen molar-refractivity contribution in [3.05, 3.63) is 0 Å². The van der Waals surface area contributed by atoms with Crippen molar-refractivity contribution in [1.29, 1.82) is 0 Å². The number of amides is 2. The monoisotopic (exact) mass is 213 g/mol. The molecule has 0 aromatic heterocycles. The number of likely N-dealkylation sites (tertiary alicyclic amines) is 1. The molecule has 0 aromatic rings. The van der Waals surface area contributed by atoms with E-state index in [-0.39, 0.29) is 18.4 Å². The minimum absolute atomic E-state index is 0.0144. The van der Waals surface area contributed by atoms with E-state index in [1.807, 2.05) is 7.05 Å². The van der Waals surface area contributed by atoms with Gasteiger partial charge in [-0.1, -0.05) is 0 Å². The molecule has 1 heterocycles. The summed E-state index contributed by atoms with van der Waals surface area (Å²) in [6.07, 6.45) is 1.47. The molecule has 0 aliphatic carbocycles. The summed E-state index contributed by atoms with van der Waals surface area (Å²) in [5.74, 6) is 0.117. The molecule has 0 aromatic carbocycles. The SMILES string of the molecule is CNCCN(C)C(=O)CN1CCCC1=O. The number of hydrogen-bond donors (Lipinski definition) is 1. The van der Waals surface area contributed by atoms with Gasteiger partial charge >= 0.3 is 0 Å². The van der Waals surface area contributed by atoms with Gasteiger partial charge in [0.1, 0.15) is 0 Å². The Morgan fingerprint density at radius 1 is 1.60 bits per heavy atom. The smallest absolute Gasteiger partial charge is 0.241 e. The molecular formula is C10H19N3O2. The quantitative estimate of drug-likeness (QED) is 0.656. The topological polar surface area (TPSA) is 52.7 Å². The van der Waals surface area contributed by atoms with Gasteiger partial charge in [-0.15, -0.1) is 0 Å². The first kappa shape index (κ1) is 12.0. The Bertz CT molecular complexity index is 243. The van der Waals surface area contributed by atoms with Crippen LogP contribution in [0.25, 0.3) is 0 Å². The Balaban J connectivity index is 2.31. The fourth-order valence-corrected chi connectivity index (χ4v) is 1.56. The normalized spacial score (nSPS) is 15.9. The van der Waals surface area contributed by atoms with Crippen molar-refractivity contribution in [2.45, 2.75) is 12.8 Å². The highest BCUT2D eigenvalue weighted by Gasteiger charge is 2.23. The van der Waals surface area contributed by atoms with E-state index >= 15 is 0 Å². The Hall–Kier alpha value is -1.10. The second-order valence-electron chi connectivity index (χ2n) is 3.84. The predicted octanol–water partition coefficient (Wildman–Crippen LogP) is -0.713. The van der Waals surface area contributed by atoms with Crippen LogP contribution in [0.5, 0.6) is 0 Å². The van der Waals surface area contributed by atoms with E-state index in [2.05, 4.69) is 5.32 Å². The van der Waals surface area contributed by atoms with E-state index < -0.39 is 0 Å². The molecule has 1 fully saturated rings. The lowest BCUT2D eigenvalue weighted by Crippen LogP contribution is -2.41. The highest BCUT2D eigenvalue weighted by atomic mass is 16.2. The van der Waals surface area contributed by atoms with Crippen LogP contribution in [-0.2, 0) is 9.59 Å². The van der Waals surface area contributed by atoms with Gasteiger partial charge in [0.25, 0.3) is 0 Å². The highest BCUT2D eigenvalue weighted by Crippen LogP contribution is 2.09. The first-order valence-corrected chi connectivity index (χ1v) is 5.31. The minimum Gasteiger partial charge on any atom is -0.343 e. The molecule has 0 radical (unpaired) electrons. The second kappa shape index (κ2) is 5.70. The number of nitrogens with one attached hydrogen (secondary N) is 1. The molecule has 0 unspecified atom stereocenters. The summed E-state index contributed by atoms with van der Waals surface area (Å²) in [5.41, 5.74) is 0. The Labute approximate surface area is 90.4 Å². The van der Waals surface area contributed by atoms with Crippen molar-refractivity contribution in [2.24, 2.45) is 0 Å². The van der Waals surface area contributed by atoms with Gasteiger partial charge in [0.15, 0.2) is 0 Å². The Kier molecular flexibility index (Phi) is 4.55. The maximum absolute atomic E-state index is 11.7. The largest absolute Gasteiger partial charge is 0.343 e. The average molecular weight is 213 g/mol. The molecule has 0 spiro atoms. The van der Waals surface area contributed by atoms with Crippen molar-refractivity contribution in [2.75, 3.05) is 40.3 Å². The van der Waals surface area contributed by atoms with E-state index in [0.29, 0.717) is 13.0 Å². The van der Waals surface area contributed by atoms with Crippen LogP contribution >= 0.6 is 0 Å². The lowest BCUT2D eigenvalue weighted by molar-refractivity contribution is -0.137. The molecule has 0 bridgehead atoms. The molecule has 15 heavy (non-hydrogen) atoms. The molecule has 1 N–H and O–H groups in total. The lowest BCUT2D eigenvalue weighted by Gasteiger charge is -2.21. The first-order valence-electron chi connectivity index (χ1n) is 5.31. The maximum atomic E-state index is 11.7. The van der Waals surface area contributed by atoms with Crippen molar-refractivity contribution >= 4 is 11.8 Å². The van der Waals surface area contributed by atoms with E-state index in [1.54, 1.807) is 16.8 Å². The molecule has 5 heteroatoms. The van der Waals surface area contributed by atoms with E-state index in [0.717, 1.165) is 19.5 Å². The molecular weight excluding hydrogens is 194 g/mol. The van der Waals surface area contributed by atoms with Gasteiger partial charge in [-0.05, 0) is 13.5 Å².